The van der Waals surface area contributed by atoms with Crippen LogP contribution in [-0.4, -0.2) is 54.9 Å². The Bertz CT molecular complexity index is 1500. The van der Waals surface area contributed by atoms with Gasteiger partial charge in [0.1, 0.15) is 12.0 Å². The summed E-state index contributed by atoms with van der Waals surface area (Å²) in [7, 11) is 0. The smallest absolute Gasteiger partial charge is 0.320 e. The molecule has 7 nitrogen and oxygen atoms in total. The minimum Gasteiger partial charge on any atom is -0.341 e. The van der Waals surface area contributed by atoms with Gasteiger partial charge in [0.15, 0.2) is 0 Å². The van der Waals surface area contributed by atoms with E-state index < -0.39 is 12.2 Å². The molecule has 42 heavy (non-hydrogen) atoms. The Morgan fingerprint density at radius 2 is 1.60 bits per heavy atom. The second-order valence-corrected chi connectivity index (χ2v) is 11.9. The van der Waals surface area contributed by atoms with E-state index in [1.54, 1.807) is 18.2 Å². The average Bonchev–Trinajstić information content (AvgIpc) is 3.37. The maximum Gasteiger partial charge on any atom is 0.320 e. The highest BCUT2D eigenvalue weighted by Gasteiger charge is 2.35. The third-order valence-electron chi connectivity index (χ3n) is 8.86. The monoisotopic (exact) mass is 567 g/mol. The highest BCUT2D eigenvalue weighted by molar-refractivity contribution is 6.17. The number of hydrogen-bond donors (Lipinski definition) is 2. The number of para-hydroxylation sites is 1. The number of carbonyl (C=O) groups excluding carboxylic acids is 2. The van der Waals surface area contributed by atoms with Crippen molar-refractivity contribution in [2.45, 2.75) is 45.7 Å². The zero-order valence-corrected chi connectivity index (χ0v) is 24.3. The summed E-state index contributed by atoms with van der Waals surface area (Å²) < 4.78 is 15.1. The predicted octanol–water partition coefficient (Wildman–Crippen LogP) is 5.90. The van der Waals surface area contributed by atoms with Gasteiger partial charge in [0.2, 0.25) is 5.91 Å². The number of anilines is 2. The predicted molar refractivity (Wildman–Crippen MR) is 165 cm³/mol. The summed E-state index contributed by atoms with van der Waals surface area (Å²) in [5, 5.41) is 6.01. The number of benzene rings is 3. The molecular weight excluding hydrogens is 529 g/mol. The maximum absolute atomic E-state index is 15.1. The second kappa shape index (κ2) is 12.0. The molecule has 0 spiro atoms. The van der Waals surface area contributed by atoms with Crippen molar-refractivity contribution in [3.05, 3.63) is 94.8 Å². The molecule has 3 heterocycles. The van der Waals surface area contributed by atoms with E-state index in [1.807, 2.05) is 66.1 Å². The van der Waals surface area contributed by atoms with Crippen molar-refractivity contribution in [1.82, 2.24) is 10.2 Å². The van der Waals surface area contributed by atoms with Gasteiger partial charge in [-0.05, 0) is 86.8 Å². The first kappa shape index (κ1) is 27.9. The molecule has 1 aliphatic carbocycles. The SMILES string of the molecule is Cc1cccc(NC(=O)NC2CN=C(c3ccccc3F)c3cccc(C)c3N2CC(=O)N2CC3CCC(CC3)C2)c1. The van der Waals surface area contributed by atoms with Gasteiger partial charge >= 0.3 is 6.03 Å². The van der Waals surface area contributed by atoms with Crippen LogP contribution in [0.5, 0.6) is 0 Å². The Morgan fingerprint density at radius 1 is 0.905 bits per heavy atom. The van der Waals surface area contributed by atoms with Crippen molar-refractivity contribution in [3.63, 3.8) is 0 Å². The highest BCUT2D eigenvalue weighted by atomic mass is 19.1. The molecule has 2 saturated heterocycles. The lowest BCUT2D eigenvalue weighted by atomic mass is 9.84. The Hall–Kier alpha value is -4.20. The van der Waals surface area contributed by atoms with E-state index in [4.69, 9.17) is 4.99 Å². The number of hydrogen-bond acceptors (Lipinski definition) is 4. The number of nitrogens with one attached hydrogen (secondary N) is 2. The highest BCUT2D eigenvalue weighted by Crippen LogP contribution is 2.35. The molecule has 2 N–H and O–H groups in total. The number of urea groups is 1. The molecule has 3 fully saturated rings. The number of carbonyl (C=O) groups is 2. The molecule has 1 atom stereocenters. The van der Waals surface area contributed by atoms with Gasteiger partial charge < -0.3 is 20.4 Å². The normalized spacial score (nSPS) is 21.6. The Labute approximate surface area is 246 Å². The van der Waals surface area contributed by atoms with Crippen LogP contribution in [0, 0.1) is 31.5 Å². The molecule has 7 rings (SSSR count). The number of aryl methyl sites for hydroxylation is 2. The fraction of sp³-hybridized carbons (Fsp3) is 0.382. The molecule has 1 unspecified atom stereocenters. The molecule has 0 radical (unpaired) electrons. The first-order chi connectivity index (χ1) is 20.4. The molecule has 3 aromatic rings. The lowest BCUT2D eigenvalue weighted by molar-refractivity contribution is -0.130. The van der Waals surface area contributed by atoms with Crippen molar-refractivity contribution in [1.29, 1.82) is 0 Å². The molecule has 3 amide bonds. The Morgan fingerprint density at radius 3 is 2.31 bits per heavy atom. The lowest BCUT2D eigenvalue weighted by Gasteiger charge is -2.35. The van der Waals surface area contributed by atoms with E-state index >= 15 is 4.39 Å². The second-order valence-electron chi connectivity index (χ2n) is 11.9. The van der Waals surface area contributed by atoms with Crippen LogP contribution in [0.3, 0.4) is 0 Å². The van der Waals surface area contributed by atoms with E-state index in [2.05, 4.69) is 10.6 Å². The Kier molecular flexibility index (Phi) is 7.96. The van der Waals surface area contributed by atoms with Crippen LogP contribution in [-0.2, 0) is 4.79 Å². The largest absolute Gasteiger partial charge is 0.341 e. The van der Waals surface area contributed by atoms with Crippen LogP contribution >= 0.6 is 0 Å². The number of fused-ring (bicyclic) bond motifs is 5. The van der Waals surface area contributed by atoms with Crippen LogP contribution in [0.2, 0.25) is 0 Å². The summed E-state index contributed by atoms with van der Waals surface area (Å²) in [5.41, 5.74) is 5.06. The van der Waals surface area contributed by atoms with Gasteiger partial charge in [0.25, 0.3) is 0 Å². The van der Waals surface area contributed by atoms with Crippen molar-refractivity contribution in [3.8, 4) is 0 Å². The van der Waals surface area contributed by atoms with Crippen LogP contribution in [0.15, 0.2) is 71.7 Å². The zero-order valence-electron chi connectivity index (χ0n) is 24.3. The molecular formula is C34H38FN5O2. The maximum atomic E-state index is 15.1. The van der Waals surface area contributed by atoms with Crippen molar-refractivity contribution >= 4 is 29.0 Å². The van der Waals surface area contributed by atoms with Crippen LogP contribution in [0.25, 0.3) is 0 Å². The van der Waals surface area contributed by atoms with Crippen LogP contribution < -0.4 is 15.5 Å². The van der Waals surface area contributed by atoms with E-state index in [0.717, 1.165) is 35.5 Å². The lowest BCUT2D eigenvalue weighted by Crippen LogP contribution is -2.55. The summed E-state index contributed by atoms with van der Waals surface area (Å²) in [5.74, 6) is 0.782. The summed E-state index contributed by atoms with van der Waals surface area (Å²) >= 11 is 0. The third kappa shape index (κ3) is 5.89. The number of benzodiazepines with no additional fused rings is 1. The number of aliphatic imine (C=N–C) groups is 1. The van der Waals surface area contributed by atoms with Crippen molar-refractivity contribution < 1.29 is 14.0 Å². The Balaban J connectivity index is 1.36. The van der Waals surface area contributed by atoms with E-state index in [0.29, 0.717) is 28.8 Å². The zero-order chi connectivity index (χ0) is 29.2. The van der Waals surface area contributed by atoms with Gasteiger partial charge in [0, 0.05) is 29.9 Å². The number of nitrogens with zero attached hydrogens (tertiary/aromatic N) is 3. The fourth-order valence-corrected chi connectivity index (χ4v) is 6.73. The molecule has 2 bridgehead atoms. The molecule has 3 aliphatic heterocycles. The molecule has 8 heteroatoms. The van der Waals surface area contributed by atoms with Crippen molar-refractivity contribution in [2.75, 3.05) is 36.4 Å². The number of amides is 3. The summed E-state index contributed by atoms with van der Waals surface area (Å²) in [4.78, 5) is 36.2. The van der Waals surface area contributed by atoms with Gasteiger partial charge in [-0.2, -0.15) is 0 Å². The minimum absolute atomic E-state index is 0.0447. The number of halogens is 1. The summed E-state index contributed by atoms with van der Waals surface area (Å²) in [6.45, 7) is 5.76. The average molecular weight is 568 g/mol. The third-order valence-corrected chi connectivity index (χ3v) is 8.86. The molecule has 1 saturated carbocycles. The van der Waals surface area contributed by atoms with E-state index in [-0.39, 0.29) is 24.8 Å². The van der Waals surface area contributed by atoms with Crippen LogP contribution in [0.1, 0.15) is 47.9 Å². The van der Waals surface area contributed by atoms with Gasteiger partial charge in [-0.1, -0.05) is 42.5 Å². The molecule has 4 aliphatic rings. The van der Waals surface area contributed by atoms with Gasteiger partial charge in [-0.15, -0.1) is 0 Å². The summed E-state index contributed by atoms with van der Waals surface area (Å²) in [6.07, 6.45) is 4.10. The molecule has 0 aromatic heterocycles. The van der Waals surface area contributed by atoms with E-state index in [1.165, 1.54) is 31.7 Å². The van der Waals surface area contributed by atoms with E-state index in [9.17, 15) is 9.59 Å². The molecule has 218 valence electrons. The topological polar surface area (TPSA) is 77.0 Å². The van der Waals surface area contributed by atoms with Crippen molar-refractivity contribution in [2.24, 2.45) is 16.8 Å². The van der Waals surface area contributed by atoms with Gasteiger partial charge in [-0.25, -0.2) is 9.18 Å². The number of rotatable bonds is 5. The van der Waals surface area contributed by atoms with Gasteiger partial charge in [-0.3, -0.25) is 9.79 Å². The standard InChI is InChI=1S/C34H38FN5O2/c1-22-7-5-9-26(17-22)37-34(42)38-30-18-36-32(27-10-3-4-12-29(27)35)28-11-6-8-23(2)33(28)40(30)21-31(41)39-19-24-13-14-25(20-39)16-15-24/h3-12,17,24-25,30H,13-16,18-21H2,1-2H3,(H2,37,38,42). The minimum atomic E-state index is -0.633. The first-order valence-electron chi connectivity index (χ1n) is 14.9. The van der Waals surface area contributed by atoms with Gasteiger partial charge in [0.05, 0.1) is 24.5 Å². The molecule has 3 aromatic carbocycles. The summed E-state index contributed by atoms with van der Waals surface area (Å²) in [6, 6.07) is 19.6. The fourth-order valence-electron chi connectivity index (χ4n) is 6.73. The first-order valence-corrected chi connectivity index (χ1v) is 14.9. The quantitative estimate of drug-likeness (QED) is 0.403. The van der Waals surface area contributed by atoms with Crippen LogP contribution in [0.4, 0.5) is 20.6 Å².